The third kappa shape index (κ3) is 4.01. The first kappa shape index (κ1) is 29.0. The average molecular weight is 533 g/mol. The zero-order valence-electron chi connectivity index (χ0n) is 23.6. The van der Waals surface area contributed by atoms with Crippen LogP contribution in [0.1, 0.15) is 86.5 Å². The van der Waals surface area contributed by atoms with Crippen LogP contribution in [-0.2, 0) is 23.9 Å². The molecular weight excluding hydrogens is 488 g/mol. The summed E-state index contributed by atoms with van der Waals surface area (Å²) < 4.78 is 12.1. The minimum absolute atomic E-state index is 0.109. The van der Waals surface area contributed by atoms with E-state index in [9.17, 15) is 29.7 Å². The molecular formula is C30H44O8. The minimum atomic E-state index is -1.93. The third-order valence-corrected chi connectivity index (χ3v) is 10.0. The Morgan fingerprint density at radius 3 is 2.37 bits per heavy atom. The van der Waals surface area contributed by atoms with Crippen molar-refractivity contribution < 1.29 is 39.2 Å². The molecule has 2 fully saturated rings. The van der Waals surface area contributed by atoms with Gasteiger partial charge in [0, 0.05) is 48.9 Å². The van der Waals surface area contributed by atoms with Gasteiger partial charge in [-0.2, -0.15) is 0 Å². The van der Waals surface area contributed by atoms with Crippen LogP contribution < -0.4 is 0 Å². The molecule has 8 heteroatoms. The van der Waals surface area contributed by atoms with Gasteiger partial charge in [-0.25, -0.2) is 0 Å². The van der Waals surface area contributed by atoms with Crippen LogP contribution in [0.15, 0.2) is 23.3 Å². The maximum Gasteiger partial charge on any atom is 0.306 e. The van der Waals surface area contributed by atoms with Crippen molar-refractivity contribution in [2.45, 2.75) is 109 Å². The van der Waals surface area contributed by atoms with Gasteiger partial charge in [-0.3, -0.25) is 14.4 Å². The number of hydrogen-bond donors (Lipinski definition) is 3. The molecule has 212 valence electrons. The van der Waals surface area contributed by atoms with Gasteiger partial charge in [0.05, 0.1) is 12.2 Å². The normalized spacial score (nSPS) is 40.7. The average Bonchev–Trinajstić information content (AvgIpc) is 3.26. The Morgan fingerprint density at radius 1 is 1.11 bits per heavy atom. The molecule has 0 aliphatic heterocycles. The fourth-order valence-corrected chi connectivity index (χ4v) is 8.13. The predicted molar refractivity (Wildman–Crippen MR) is 140 cm³/mol. The van der Waals surface area contributed by atoms with E-state index in [1.807, 2.05) is 13.8 Å². The Balaban J connectivity index is 1.78. The highest BCUT2D eigenvalue weighted by atomic mass is 16.6. The van der Waals surface area contributed by atoms with Crippen molar-refractivity contribution in [3.63, 3.8) is 0 Å². The second-order valence-electron chi connectivity index (χ2n) is 12.6. The molecule has 0 bridgehead atoms. The highest BCUT2D eigenvalue weighted by Crippen LogP contribution is 2.77. The van der Waals surface area contributed by atoms with Crippen molar-refractivity contribution in [1.29, 1.82) is 0 Å². The number of aliphatic hydroxyl groups excluding tert-OH is 1. The van der Waals surface area contributed by atoms with Gasteiger partial charge in [-0.1, -0.05) is 65.5 Å². The van der Waals surface area contributed by atoms with Crippen molar-refractivity contribution in [2.75, 3.05) is 6.61 Å². The summed E-state index contributed by atoms with van der Waals surface area (Å²) in [4.78, 5) is 38.7. The Hall–Kier alpha value is -2.03. The van der Waals surface area contributed by atoms with Gasteiger partial charge < -0.3 is 24.8 Å². The summed E-state index contributed by atoms with van der Waals surface area (Å²) in [6.45, 7) is 10.3. The van der Waals surface area contributed by atoms with Gasteiger partial charge >= 0.3 is 11.9 Å². The van der Waals surface area contributed by atoms with Crippen molar-refractivity contribution in [3.8, 4) is 0 Å². The van der Waals surface area contributed by atoms with Gasteiger partial charge in [0.15, 0.2) is 11.4 Å². The number of rotatable bonds is 9. The lowest BCUT2D eigenvalue weighted by atomic mass is 9.59. The van der Waals surface area contributed by atoms with Crippen LogP contribution in [0, 0.1) is 29.1 Å². The number of ether oxygens (including phenoxy) is 2. The molecule has 38 heavy (non-hydrogen) atoms. The maximum absolute atomic E-state index is 13.2. The number of Topliss-reactive ketones (excluding diaryl/α,β-unsaturated/α-hetero) is 1. The lowest BCUT2D eigenvalue weighted by molar-refractivity contribution is -0.228. The molecule has 4 aliphatic rings. The van der Waals surface area contributed by atoms with Crippen LogP contribution in [0.25, 0.3) is 0 Å². The number of ketones is 1. The summed E-state index contributed by atoms with van der Waals surface area (Å²) >= 11 is 0. The van der Waals surface area contributed by atoms with E-state index in [-0.39, 0.29) is 19.4 Å². The molecule has 8 atom stereocenters. The zero-order chi connectivity index (χ0) is 28.3. The number of esters is 2. The fourth-order valence-electron chi connectivity index (χ4n) is 8.13. The topological polar surface area (TPSA) is 130 Å². The summed E-state index contributed by atoms with van der Waals surface area (Å²) in [5.41, 5.74) is -4.70. The molecule has 0 saturated heterocycles. The second kappa shape index (κ2) is 9.86. The summed E-state index contributed by atoms with van der Waals surface area (Å²) in [5, 5.41) is 34.5. The monoisotopic (exact) mass is 532 g/mol. The molecule has 0 heterocycles. The second-order valence-corrected chi connectivity index (χ2v) is 12.6. The molecule has 3 N–H and O–H groups in total. The number of fused-ring (bicyclic) bond motifs is 5. The predicted octanol–water partition coefficient (Wildman–Crippen LogP) is 3.41. The van der Waals surface area contributed by atoms with Crippen molar-refractivity contribution >= 4 is 17.7 Å². The first-order chi connectivity index (χ1) is 17.7. The smallest absolute Gasteiger partial charge is 0.306 e. The van der Waals surface area contributed by atoms with E-state index in [4.69, 9.17) is 9.47 Å². The molecule has 8 nitrogen and oxygen atoms in total. The number of aliphatic hydroxyl groups is 3. The standard InChI is InChI=1S/C30H44O8/c1-7-8-9-10-11-12-23(33)37-26-18(3)29(36)21(24-27(5,6)30(24,26)38-19(4)32)14-20(16-31)15-28(35)22(29)13-17(2)25(28)34/h13-14,18,21-22,24,26,31,35-36H,7-12,15-16H2,1-6H3. The number of unbranched alkanes of at least 4 members (excludes halogenated alkanes) is 4. The lowest BCUT2D eigenvalue weighted by Crippen LogP contribution is -2.66. The van der Waals surface area contributed by atoms with Crippen LogP contribution in [0.3, 0.4) is 0 Å². The van der Waals surface area contributed by atoms with E-state index >= 15 is 0 Å². The summed E-state index contributed by atoms with van der Waals surface area (Å²) in [7, 11) is 0. The van der Waals surface area contributed by atoms with Gasteiger partial charge in [0.2, 0.25) is 0 Å². The van der Waals surface area contributed by atoms with Gasteiger partial charge in [0.1, 0.15) is 11.7 Å². The first-order valence-electron chi connectivity index (χ1n) is 14.1. The van der Waals surface area contributed by atoms with Crippen LogP contribution >= 0.6 is 0 Å². The molecule has 0 amide bonds. The Bertz CT molecular complexity index is 1060. The van der Waals surface area contributed by atoms with E-state index in [1.54, 1.807) is 26.0 Å². The van der Waals surface area contributed by atoms with E-state index in [0.29, 0.717) is 17.6 Å². The molecule has 0 radical (unpaired) electrons. The quantitative estimate of drug-likeness (QED) is 0.234. The fraction of sp³-hybridized carbons (Fsp3) is 0.767. The number of carbonyl (C=O) groups excluding carboxylic acids is 3. The Kier molecular flexibility index (Phi) is 7.52. The number of hydrogen-bond acceptors (Lipinski definition) is 8. The molecule has 4 aliphatic carbocycles. The Labute approximate surface area is 225 Å². The van der Waals surface area contributed by atoms with E-state index < -0.39 is 69.7 Å². The van der Waals surface area contributed by atoms with Crippen molar-refractivity contribution in [2.24, 2.45) is 29.1 Å². The van der Waals surface area contributed by atoms with Crippen LogP contribution in [0.4, 0.5) is 0 Å². The summed E-state index contributed by atoms with van der Waals surface area (Å²) in [6.07, 6.45) is 7.35. The lowest BCUT2D eigenvalue weighted by Gasteiger charge is -2.53. The molecule has 2 saturated carbocycles. The highest BCUT2D eigenvalue weighted by Gasteiger charge is 2.87. The highest BCUT2D eigenvalue weighted by molar-refractivity contribution is 6.04. The van der Waals surface area contributed by atoms with E-state index in [1.165, 1.54) is 6.92 Å². The van der Waals surface area contributed by atoms with Gasteiger partial charge in [-0.15, -0.1) is 0 Å². The zero-order valence-corrected chi connectivity index (χ0v) is 23.6. The maximum atomic E-state index is 13.2. The van der Waals surface area contributed by atoms with Crippen molar-refractivity contribution in [1.82, 2.24) is 0 Å². The van der Waals surface area contributed by atoms with Crippen LogP contribution in [0.5, 0.6) is 0 Å². The molecule has 0 spiro atoms. The SMILES string of the molecule is CCCCCCCC(=O)OC1C(C)C2(O)C(C=C(CO)CC3(O)C(=O)C(C)=CC32)C2C(C)(C)C12OC(C)=O. The van der Waals surface area contributed by atoms with E-state index in [0.717, 1.165) is 25.7 Å². The molecule has 0 aromatic rings. The van der Waals surface area contributed by atoms with Crippen molar-refractivity contribution in [3.05, 3.63) is 23.3 Å². The van der Waals surface area contributed by atoms with Crippen LogP contribution in [0.2, 0.25) is 0 Å². The molecule has 0 aromatic carbocycles. The summed E-state index contributed by atoms with van der Waals surface area (Å²) in [5.74, 6) is -4.31. The van der Waals surface area contributed by atoms with E-state index in [2.05, 4.69) is 6.92 Å². The third-order valence-electron chi connectivity index (χ3n) is 10.0. The molecule has 4 rings (SSSR count). The molecule has 8 unspecified atom stereocenters. The number of carbonyl (C=O) groups is 3. The first-order valence-corrected chi connectivity index (χ1v) is 14.1. The summed E-state index contributed by atoms with van der Waals surface area (Å²) in [6, 6.07) is 0. The molecule has 0 aromatic heterocycles. The van der Waals surface area contributed by atoms with Crippen LogP contribution in [-0.4, -0.2) is 62.6 Å². The van der Waals surface area contributed by atoms with Gasteiger partial charge in [0.25, 0.3) is 0 Å². The largest absolute Gasteiger partial charge is 0.458 e. The Morgan fingerprint density at radius 2 is 1.76 bits per heavy atom. The minimum Gasteiger partial charge on any atom is -0.458 e. The van der Waals surface area contributed by atoms with Gasteiger partial charge in [-0.05, 0) is 24.5 Å².